The molecule has 0 aromatic carbocycles. The average molecular weight is 180 g/mol. The molecule has 1 aromatic heterocycles. The normalized spacial score (nSPS) is 10.1. The van der Waals surface area contributed by atoms with Gasteiger partial charge in [-0.05, 0) is 12.0 Å². The van der Waals surface area contributed by atoms with Crippen LogP contribution in [0.5, 0.6) is 0 Å². The minimum absolute atomic E-state index is 0.302. The largest absolute Gasteiger partial charge is 0.461 e. The Morgan fingerprint density at radius 2 is 2.38 bits per heavy atom. The molecule has 70 valence electrons. The molecular formula is C9H12N2O2. The molecule has 0 radical (unpaired) electrons. The van der Waals surface area contributed by atoms with Crippen molar-refractivity contribution in [1.29, 1.82) is 0 Å². The highest BCUT2D eigenvalue weighted by molar-refractivity contribution is 5.86. The van der Waals surface area contributed by atoms with Crippen LogP contribution in [0.4, 0.5) is 0 Å². The number of nitrogens with zero attached hydrogens (tertiary/aromatic N) is 2. The number of ether oxygens (including phenoxy) is 1. The lowest BCUT2D eigenvalue weighted by Gasteiger charge is -2.05. The topological polar surface area (TPSA) is 52.1 Å². The van der Waals surface area contributed by atoms with Crippen molar-refractivity contribution in [1.82, 2.24) is 9.97 Å². The zero-order valence-corrected chi connectivity index (χ0v) is 7.73. The summed E-state index contributed by atoms with van der Waals surface area (Å²) < 4.78 is 4.96. The van der Waals surface area contributed by atoms with Gasteiger partial charge in [0.15, 0.2) is 5.69 Å². The number of aromatic nitrogens is 2. The summed E-state index contributed by atoms with van der Waals surface area (Å²) >= 11 is 0. The molecule has 0 unspecified atom stereocenters. The molecule has 0 saturated heterocycles. The third-order valence-corrected chi connectivity index (χ3v) is 1.34. The maximum absolute atomic E-state index is 11.2. The molecule has 0 spiro atoms. The zero-order valence-electron chi connectivity index (χ0n) is 7.73. The monoisotopic (exact) mass is 180 g/mol. The van der Waals surface area contributed by atoms with E-state index in [2.05, 4.69) is 9.97 Å². The van der Waals surface area contributed by atoms with Gasteiger partial charge in [0.2, 0.25) is 0 Å². The van der Waals surface area contributed by atoms with Gasteiger partial charge in [0, 0.05) is 6.20 Å². The van der Waals surface area contributed by atoms with Crippen LogP contribution in [-0.2, 0) is 4.74 Å². The maximum Gasteiger partial charge on any atom is 0.357 e. The molecule has 0 aliphatic heterocycles. The van der Waals surface area contributed by atoms with Crippen molar-refractivity contribution in [3.8, 4) is 0 Å². The van der Waals surface area contributed by atoms with E-state index in [0.717, 1.165) is 0 Å². The summed E-state index contributed by atoms with van der Waals surface area (Å²) in [6, 6.07) is 1.53. The Bertz CT molecular complexity index is 272. The Balaban J connectivity index is 2.50. The molecule has 1 rings (SSSR count). The summed E-state index contributed by atoms with van der Waals surface area (Å²) in [5, 5.41) is 0. The number of esters is 1. The van der Waals surface area contributed by atoms with Crippen molar-refractivity contribution in [2.45, 2.75) is 13.8 Å². The third-order valence-electron chi connectivity index (χ3n) is 1.34. The first kappa shape index (κ1) is 9.64. The van der Waals surface area contributed by atoms with Crippen molar-refractivity contribution in [2.24, 2.45) is 5.92 Å². The van der Waals surface area contributed by atoms with Gasteiger partial charge in [-0.2, -0.15) is 0 Å². The van der Waals surface area contributed by atoms with E-state index in [0.29, 0.717) is 18.2 Å². The average Bonchev–Trinajstić information content (AvgIpc) is 2.15. The van der Waals surface area contributed by atoms with E-state index in [4.69, 9.17) is 4.74 Å². The van der Waals surface area contributed by atoms with Crippen LogP contribution < -0.4 is 0 Å². The van der Waals surface area contributed by atoms with Crippen molar-refractivity contribution < 1.29 is 9.53 Å². The Hall–Kier alpha value is -1.45. The van der Waals surface area contributed by atoms with Crippen LogP contribution in [0.1, 0.15) is 24.3 Å². The molecule has 0 atom stereocenters. The summed E-state index contributed by atoms with van der Waals surface area (Å²) in [5.41, 5.74) is 0.302. The molecule has 0 aliphatic rings. The molecule has 0 N–H and O–H groups in total. The molecule has 0 saturated carbocycles. The van der Waals surface area contributed by atoms with Gasteiger partial charge >= 0.3 is 5.97 Å². The summed E-state index contributed by atoms with van der Waals surface area (Å²) in [7, 11) is 0. The summed E-state index contributed by atoms with van der Waals surface area (Å²) in [6.07, 6.45) is 2.84. The van der Waals surface area contributed by atoms with Crippen LogP contribution in [0.2, 0.25) is 0 Å². The quantitative estimate of drug-likeness (QED) is 0.658. The molecule has 4 heteroatoms. The van der Waals surface area contributed by atoms with E-state index in [1.54, 1.807) is 0 Å². The fourth-order valence-corrected chi connectivity index (χ4v) is 0.728. The lowest BCUT2D eigenvalue weighted by molar-refractivity contribution is 0.0452. The molecule has 0 amide bonds. The first-order valence-corrected chi connectivity index (χ1v) is 4.13. The summed E-state index contributed by atoms with van der Waals surface area (Å²) in [5.74, 6) is -0.0538. The lowest BCUT2D eigenvalue weighted by Crippen LogP contribution is -2.11. The zero-order chi connectivity index (χ0) is 9.68. The van der Waals surface area contributed by atoms with Crippen LogP contribution >= 0.6 is 0 Å². The minimum Gasteiger partial charge on any atom is -0.461 e. The van der Waals surface area contributed by atoms with Crippen LogP contribution in [0.3, 0.4) is 0 Å². The highest BCUT2D eigenvalue weighted by Crippen LogP contribution is 1.98. The highest BCUT2D eigenvalue weighted by atomic mass is 16.5. The molecule has 0 aliphatic carbocycles. The van der Waals surface area contributed by atoms with E-state index in [9.17, 15) is 4.79 Å². The molecule has 1 heterocycles. The number of carbonyl (C=O) groups is 1. The fourth-order valence-electron chi connectivity index (χ4n) is 0.728. The van der Waals surface area contributed by atoms with Crippen molar-refractivity contribution in [3.63, 3.8) is 0 Å². The standard InChI is InChI=1S/C9H12N2O2/c1-7(2)5-13-9(12)8-3-4-10-6-11-8/h3-4,6-7H,5H2,1-2H3. The Labute approximate surface area is 77.0 Å². The van der Waals surface area contributed by atoms with Gasteiger partial charge in [-0.15, -0.1) is 0 Å². The van der Waals surface area contributed by atoms with Gasteiger partial charge < -0.3 is 4.74 Å². The SMILES string of the molecule is CC(C)COC(=O)c1ccncn1. The predicted molar refractivity (Wildman–Crippen MR) is 47.2 cm³/mol. The van der Waals surface area contributed by atoms with Crippen LogP contribution in [0.25, 0.3) is 0 Å². The number of rotatable bonds is 3. The van der Waals surface area contributed by atoms with E-state index < -0.39 is 5.97 Å². The van der Waals surface area contributed by atoms with Crippen LogP contribution in [0.15, 0.2) is 18.6 Å². The second-order valence-corrected chi connectivity index (χ2v) is 3.09. The second kappa shape index (κ2) is 4.54. The van der Waals surface area contributed by atoms with Crippen molar-refractivity contribution in [3.05, 3.63) is 24.3 Å². The number of hydrogen-bond donors (Lipinski definition) is 0. The number of carbonyl (C=O) groups excluding carboxylic acids is 1. The first-order chi connectivity index (χ1) is 6.20. The predicted octanol–water partition coefficient (Wildman–Crippen LogP) is 1.29. The maximum atomic E-state index is 11.2. The van der Waals surface area contributed by atoms with E-state index in [1.807, 2.05) is 13.8 Å². The third kappa shape index (κ3) is 3.19. The first-order valence-electron chi connectivity index (χ1n) is 4.13. The molecular weight excluding hydrogens is 168 g/mol. The fraction of sp³-hybridized carbons (Fsp3) is 0.444. The van der Waals surface area contributed by atoms with E-state index in [-0.39, 0.29) is 0 Å². The van der Waals surface area contributed by atoms with Gasteiger partial charge in [-0.25, -0.2) is 14.8 Å². The van der Waals surface area contributed by atoms with Gasteiger partial charge in [0.05, 0.1) is 6.61 Å². The molecule has 4 nitrogen and oxygen atoms in total. The molecule has 13 heavy (non-hydrogen) atoms. The van der Waals surface area contributed by atoms with Crippen LogP contribution in [-0.4, -0.2) is 22.5 Å². The van der Waals surface area contributed by atoms with Gasteiger partial charge in [0.1, 0.15) is 6.33 Å². The van der Waals surface area contributed by atoms with Gasteiger partial charge in [-0.3, -0.25) is 0 Å². The summed E-state index contributed by atoms with van der Waals surface area (Å²) in [4.78, 5) is 18.7. The Morgan fingerprint density at radius 3 is 2.92 bits per heavy atom. The van der Waals surface area contributed by atoms with Crippen molar-refractivity contribution in [2.75, 3.05) is 6.61 Å². The Morgan fingerprint density at radius 1 is 1.62 bits per heavy atom. The second-order valence-electron chi connectivity index (χ2n) is 3.09. The molecule has 0 bridgehead atoms. The minimum atomic E-state index is -0.392. The highest BCUT2D eigenvalue weighted by Gasteiger charge is 2.08. The number of hydrogen-bond acceptors (Lipinski definition) is 4. The van der Waals surface area contributed by atoms with E-state index >= 15 is 0 Å². The molecule has 1 aromatic rings. The molecule has 0 fully saturated rings. The lowest BCUT2D eigenvalue weighted by atomic mass is 10.2. The van der Waals surface area contributed by atoms with Gasteiger partial charge in [-0.1, -0.05) is 13.8 Å². The van der Waals surface area contributed by atoms with Gasteiger partial charge in [0.25, 0.3) is 0 Å². The smallest absolute Gasteiger partial charge is 0.357 e. The van der Waals surface area contributed by atoms with Crippen molar-refractivity contribution >= 4 is 5.97 Å². The summed E-state index contributed by atoms with van der Waals surface area (Å²) in [6.45, 7) is 4.38. The Kier molecular flexibility index (Phi) is 3.37. The van der Waals surface area contributed by atoms with E-state index in [1.165, 1.54) is 18.6 Å². The van der Waals surface area contributed by atoms with Crippen LogP contribution in [0, 0.1) is 5.92 Å².